The molecule has 0 aromatic heterocycles. The van der Waals surface area contributed by atoms with Crippen molar-refractivity contribution in [2.75, 3.05) is 13.2 Å². The van der Waals surface area contributed by atoms with E-state index in [-0.39, 0.29) is 0 Å². The summed E-state index contributed by atoms with van der Waals surface area (Å²) in [6, 6.07) is 0. The van der Waals surface area contributed by atoms with Gasteiger partial charge in [0.05, 0.1) is 0 Å². The van der Waals surface area contributed by atoms with Gasteiger partial charge in [-0.2, -0.15) is 0 Å². The monoisotopic (exact) mass is 258 g/mol. The van der Waals surface area contributed by atoms with E-state index in [0.717, 1.165) is 26.1 Å². The van der Waals surface area contributed by atoms with Gasteiger partial charge in [-0.25, -0.2) is 0 Å². The molecule has 0 aliphatic heterocycles. The zero-order valence-corrected chi connectivity index (χ0v) is 12.0. The molecular weight excluding hydrogens is 228 g/mol. The van der Waals surface area contributed by atoms with E-state index in [2.05, 4.69) is 6.92 Å². The molecule has 0 saturated heterocycles. The van der Waals surface area contributed by atoms with Crippen molar-refractivity contribution in [2.45, 2.75) is 77.6 Å². The number of carbonyl (C=O) groups is 1. The van der Waals surface area contributed by atoms with Gasteiger partial charge in [0.2, 0.25) is 0 Å². The number of hydrogen-bond acceptors (Lipinski definition) is 2. The summed E-state index contributed by atoms with van der Waals surface area (Å²) in [6.07, 6.45) is 12.0. The zero-order chi connectivity index (χ0) is 13.5. The summed E-state index contributed by atoms with van der Waals surface area (Å²) in [4.78, 5) is 10.3. The Morgan fingerprint density at radius 2 is 1.33 bits per heavy atom. The molecule has 3 heteroatoms. The molecule has 0 heterocycles. The molecule has 3 nitrogen and oxygen atoms in total. The van der Waals surface area contributed by atoms with Crippen LogP contribution in [0.1, 0.15) is 77.6 Å². The Morgan fingerprint density at radius 1 is 0.833 bits per heavy atom. The summed E-state index contributed by atoms with van der Waals surface area (Å²) in [6.45, 7) is 4.03. The van der Waals surface area contributed by atoms with Gasteiger partial charge in [-0.05, 0) is 19.3 Å². The minimum Gasteiger partial charge on any atom is -0.481 e. The van der Waals surface area contributed by atoms with Gasteiger partial charge < -0.3 is 9.84 Å². The predicted octanol–water partition coefficient (Wildman–Crippen LogP) is 4.40. The predicted molar refractivity (Wildman–Crippen MR) is 74.9 cm³/mol. The Kier molecular flexibility index (Phi) is 14.0. The summed E-state index contributed by atoms with van der Waals surface area (Å²) >= 11 is 0. The van der Waals surface area contributed by atoms with Crippen LogP contribution >= 0.6 is 0 Å². The van der Waals surface area contributed by atoms with E-state index in [1.54, 1.807) is 0 Å². The van der Waals surface area contributed by atoms with Crippen LogP contribution < -0.4 is 0 Å². The van der Waals surface area contributed by atoms with E-state index in [1.165, 1.54) is 51.4 Å². The highest BCUT2D eigenvalue weighted by Gasteiger charge is 1.96. The van der Waals surface area contributed by atoms with Crippen LogP contribution in [0.2, 0.25) is 0 Å². The van der Waals surface area contributed by atoms with Crippen molar-refractivity contribution < 1.29 is 14.6 Å². The molecule has 0 amide bonds. The van der Waals surface area contributed by atoms with Crippen molar-refractivity contribution in [3.63, 3.8) is 0 Å². The second-order valence-corrected chi connectivity index (χ2v) is 4.94. The third kappa shape index (κ3) is 15.4. The summed E-state index contributed by atoms with van der Waals surface area (Å²) in [5.41, 5.74) is 0. The fourth-order valence-electron chi connectivity index (χ4n) is 1.92. The number of carboxylic acids is 1. The molecule has 108 valence electrons. The third-order valence-corrected chi connectivity index (χ3v) is 3.07. The quantitative estimate of drug-likeness (QED) is 0.470. The van der Waals surface area contributed by atoms with E-state index < -0.39 is 5.97 Å². The fraction of sp³-hybridized carbons (Fsp3) is 0.933. The van der Waals surface area contributed by atoms with Gasteiger partial charge >= 0.3 is 5.97 Å². The maximum atomic E-state index is 10.3. The summed E-state index contributed by atoms with van der Waals surface area (Å²) in [5.74, 6) is -0.671. The van der Waals surface area contributed by atoms with E-state index in [4.69, 9.17) is 9.84 Å². The van der Waals surface area contributed by atoms with Crippen LogP contribution in [-0.4, -0.2) is 24.3 Å². The molecule has 0 aromatic carbocycles. The highest BCUT2D eigenvalue weighted by molar-refractivity contribution is 5.66. The summed E-state index contributed by atoms with van der Waals surface area (Å²) < 4.78 is 5.54. The molecule has 0 aliphatic carbocycles. The van der Waals surface area contributed by atoms with Crippen LogP contribution in [0.3, 0.4) is 0 Å². The number of carboxylic acid groups (broad SMARTS) is 1. The average molecular weight is 258 g/mol. The van der Waals surface area contributed by atoms with Crippen LogP contribution in [-0.2, 0) is 9.53 Å². The van der Waals surface area contributed by atoms with Crippen molar-refractivity contribution in [1.82, 2.24) is 0 Å². The van der Waals surface area contributed by atoms with E-state index in [9.17, 15) is 4.79 Å². The van der Waals surface area contributed by atoms with Crippen LogP contribution in [0, 0.1) is 0 Å². The molecule has 0 radical (unpaired) electrons. The van der Waals surface area contributed by atoms with Gasteiger partial charge in [0.1, 0.15) is 0 Å². The second kappa shape index (κ2) is 14.5. The van der Waals surface area contributed by atoms with E-state index >= 15 is 0 Å². The molecule has 1 N–H and O–H groups in total. The van der Waals surface area contributed by atoms with Crippen LogP contribution in [0.5, 0.6) is 0 Å². The Balaban J connectivity index is 2.92. The van der Waals surface area contributed by atoms with Gasteiger partial charge in [-0.3, -0.25) is 4.79 Å². The number of rotatable bonds is 14. The average Bonchev–Trinajstić information content (AvgIpc) is 2.34. The first kappa shape index (κ1) is 17.4. The van der Waals surface area contributed by atoms with Gasteiger partial charge in [0, 0.05) is 19.6 Å². The molecule has 0 spiro atoms. The Morgan fingerprint density at radius 3 is 1.89 bits per heavy atom. The third-order valence-electron chi connectivity index (χ3n) is 3.07. The Labute approximate surface area is 112 Å². The number of aliphatic carboxylic acids is 1. The van der Waals surface area contributed by atoms with Crippen LogP contribution in [0.15, 0.2) is 0 Å². The second-order valence-electron chi connectivity index (χ2n) is 4.94. The topological polar surface area (TPSA) is 46.5 Å². The number of ether oxygens (including phenoxy) is 1. The molecular formula is C15H30O3. The van der Waals surface area contributed by atoms with Crippen LogP contribution in [0.4, 0.5) is 0 Å². The van der Waals surface area contributed by atoms with Gasteiger partial charge in [0.25, 0.3) is 0 Å². The number of hydrogen-bond donors (Lipinski definition) is 1. The van der Waals surface area contributed by atoms with E-state index in [1.807, 2.05) is 0 Å². The lowest BCUT2D eigenvalue weighted by atomic mass is 10.1. The first-order valence-corrected chi connectivity index (χ1v) is 7.57. The SMILES string of the molecule is CCCCCOCCCCCCCCCC(=O)O. The first-order chi connectivity index (χ1) is 8.77. The molecule has 0 aromatic rings. The van der Waals surface area contributed by atoms with Crippen molar-refractivity contribution >= 4 is 5.97 Å². The van der Waals surface area contributed by atoms with Crippen molar-refractivity contribution in [3.05, 3.63) is 0 Å². The normalized spacial score (nSPS) is 10.7. The smallest absolute Gasteiger partial charge is 0.303 e. The molecule has 0 unspecified atom stereocenters. The molecule has 0 fully saturated rings. The molecule has 0 atom stereocenters. The van der Waals surface area contributed by atoms with Crippen molar-refractivity contribution in [1.29, 1.82) is 0 Å². The minimum atomic E-state index is -0.671. The summed E-state index contributed by atoms with van der Waals surface area (Å²) in [7, 11) is 0. The van der Waals surface area contributed by atoms with Crippen molar-refractivity contribution in [2.24, 2.45) is 0 Å². The number of unbranched alkanes of at least 4 members (excludes halogenated alkanes) is 8. The molecule has 18 heavy (non-hydrogen) atoms. The first-order valence-electron chi connectivity index (χ1n) is 7.57. The Bertz CT molecular complexity index is 181. The molecule has 0 aliphatic rings. The largest absolute Gasteiger partial charge is 0.481 e. The van der Waals surface area contributed by atoms with Gasteiger partial charge in [0.15, 0.2) is 0 Å². The van der Waals surface area contributed by atoms with E-state index in [0.29, 0.717) is 6.42 Å². The minimum absolute atomic E-state index is 0.325. The van der Waals surface area contributed by atoms with Gasteiger partial charge in [-0.15, -0.1) is 0 Å². The fourth-order valence-corrected chi connectivity index (χ4v) is 1.92. The Hall–Kier alpha value is -0.570. The zero-order valence-electron chi connectivity index (χ0n) is 12.0. The van der Waals surface area contributed by atoms with Crippen LogP contribution in [0.25, 0.3) is 0 Å². The lowest BCUT2D eigenvalue weighted by molar-refractivity contribution is -0.137. The molecule has 0 saturated carbocycles. The highest BCUT2D eigenvalue weighted by Crippen LogP contribution is 2.08. The van der Waals surface area contributed by atoms with Crippen molar-refractivity contribution in [3.8, 4) is 0 Å². The lowest BCUT2D eigenvalue weighted by Crippen LogP contribution is -1.97. The lowest BCUT2D eigenvalue weighted by Gasteiger charge is -2.04. The maximum absolute atomic E-state index is 10.3. The summed E-state index contributed by atoms with van der Waals surface area (Å²) in [5, 5.41) is 8.48. The molecule has 0 rings (SSSR count). The molecule has 0 bridgehead atoms. The standard InChI is InChI=1S/C15H30O3/c1-2-3-10-13-18-14-11-8-6-4-5-7-9-12-15(16)17/h2-14H2,1H3,(H,16,17). The highest BCUT2D eigenvalue weighted by atomic mass is 16.5. The van der Waals surface area contributed by atoms with Gasteiger partial charge in [-0.1, -0.05) is 51.9 Å². The maximum Gasteiger partial charge on any atom is 0.303 e.